The molecule has 1 N–H and O–H groups in total. The first kappa shape index (κ1) is 20.5. The molecule has 1 atom stereocenters. The highest BCUT2D eigenvalue weighted by molar-refractivity contribution is 5.83. The van der Waals surface area contributed by atoms with Gasteiger partial charge in [0, 0.05) is 43.4 Å². The molecule has 0 saturated carbocycles. The summed E-state index contributed by atoms with van der Waals surface area (Å²) in [6.45, 7) is 7.09. The molecule has 1 fully saturated rings. The lowest BCUT2D eigenvalue weighted by Gasteiger charge is -2.36. The van der Waals surface area contributed by atoms with Crippen molar-refractivity contribution < 1.29 is 22.8 Å². The Morgan fingerprint density at radius 2 is 1.93 bits per heavy atom. The number of hydrogen-bond acceptors (Lipinski definition) is 4. The minimum absolute atomic E-state index is 0.0251. The van der Waals surface area contributed by atoms with Gasteiger partial charge in [-0.1, -0.05) is 19.0 Å². The lowest BCUT2D eigenvalue weighted by atomic mass is 9.75. The molecule has 0 unspecified atom stereocenters. The number of rotatable bonds is 6. The van der Waals surface area contributed by atoms with Gasteiger partial charge in [-0.3, -0.25) is 4.79 Å². The Balaban J connectivity index is 1.82. The molecule has 2 heterocycles. The predicted octanol–water partition coefficient (Wildman–Crippen LogP) is 4.12. The summed E-state index contributed by atoms with van der Waals surface area (Å²) in [5, 5.41) is 7.03. The van der Waals surface area contributed by atoms with Crippen molar-refractivity contribution in [2.75, 3.05) is 13.2 Å². The third-order valence-corrected chi connectivity index (χ3v) is 5.57. The van der Waals surface area contributed by atoms with Crippen LogP contribution in [0.15, 0.2) is 28.8 Å². The van der Waals surface area contributed by atoms with Crippen molar-refractivity contribution in [2.45, 2.75) is 46.1 Å². The van der Waals surface area contributed by atoms with Gasteiger partial charge < -0.3 is 14.6 Å². The molecule has 28 heavy (non-hydrogen) atoms. The van der Waals surface area contributed by atoms with Crippen molar-refractivity contribution in [3.8, 4) is 11.3 Å². The van der Waals surface area contributed by atoms with Gasteiger partial charge in [0.1, 0.15) is 23.1 Å². The quantitative estimate of drug-likeness (QED) is 0.803. The monoisotopic (exact) mass is 392 g/mol. The van der Waals surface area contributed by atoms with E-state index < -0.39 is 17.0 Å². The Hall–Kier alpha value is -2.28. The van der Waals surface area contributed by atoms with Crippen molar-refractivity contribution in [1.29, 1.82) is 0 Å². The molecule has 0 radical (unpaired) electrons. The number of carbonyl (C=O) groups excluding carboxylic acids is 1. The van der Waals surface area contributed by atoms with Gasteiger partial charge in [0.25, 0.3) is 0 Å². The van der Waals surface area contributed by atoms with Crippen LogP contribution in [-0.2, 0) is 16.0 Å². The van der Waals surface area contributed by atoms with Gasteiger partial charge in [0.05, 0.1) is 5.41 Å². The molecule has 2 aromatic rings. The molecule has 1 aromatic heterocycles. The molecule has 7 heteroatoms. The maximum Gasteiger partial charge on any atom is 0.227 e. The summed E-state index contributed by atoms with van der Waals surface area (Å²) in [7, 11) is 0. The van der Waals surface area contributed by atoms with E-state index in [1.807, 2.05) is 6.92 Å². The number of amides is 1. The fraction of sp³-hybridized carbons (Fsp3) is 0.524. The number of benzene rings is 1. The van der Waals surface area contributed by atoms with E-state index in [4.69, 9.17) is 9.26 Å². The molecule has 3 rings (SSSR count). The van der Waals surface area contributed by atoms with Crippen LogP contribution in [0.4, 0.5) is 8.78 Å². The van der Waals surface area contributed by atoms with Crippen molar-refractivity contribution in [1.82, 2.24) is 10.5 Å². The number of nitrogens with one attached hydrogen (secondary N) is 1. The van der Waals surface area contributed by atoms with E-state index >= 15 is 0 Å². The minimum atomic E-state index is -0.705. The number of carbonyl (C=O) groups is 1. The van der Waals surface area contributed by atoms with Gasteiger partial charge in [0.2, 0.25) is 5.91 Å². The van der Waals surface area contributed by atoms with Crippen molar-refractivity contribution >= 4 is 5.91 Å². The molecule has 1 aromatic carbocycles. The summed E-state index contributed by atoms with van der Waals surface area (Å²) in [6.07, 6.45) is 1.50. The Morgan fingerprint density at radius 3 is 2.57 bits per heavy atom. The van der Waals surface area contributed by atoms with Gasteiger partial charge in [0.15, 0.2) is 0 Å². The second-order valence-corrected chi connectivity index (χ2v) is 7.88. The van der Waals surface area contributed by atoms with E-state index in [-0.39, 0.29) is 23.2 Å². The lowest BCUT2D eigenvalue weighted by Crippen LogP contribution is -2.49. The first-order chi connectivity index (χ1) is 13.3. The third kappa shape index (κ3) is 4.41. The van der Waals surface area contributed by atoms with Crippen LogP contribution in [0.1, 0.15) is 39.4 Å². The van der Waals surface area contributed by atoms with E-state index in [0.717, 1.165) is 6.07 Å². The maximum atomic E-state index is 14.0. The van der Waals surface area contributed by atoms with E-state index in [0.29, 0.717) is 44.2 Å². The Labute approximate surface area is 163 Å². The van der Waals surface area contributed by atoms with Crippen molar-refractivity contribution in [2.24, 2.45) is 11.3 Å². The smallest absolute Gasteiger partial charge is 0.227 e. The summed E-state index contributed by atoms with van der Waals surface area (Å²) < 4.78 is 38.0. The number of hydrogen-bond donors (Lipinski definition) is 1. The number of ether oxygens (including phenoxy) is 1. The predicted molar refractivity (Wildman–Crippen MR) is 100 cm³/mol. The average molecular weight is 392 g/mol. The molecule has 5 nitrogen and oxygen atoms in total. The molecule has 152 valence electrons. The minimum Gasteiger partial charge on any atom is -0.381 e. The molecule has 1 aliphatic heterocycles. The first-order valence-corrected chi connectivity index (χ1v) is 9.60. The summed E-state index contributed by atoms with van der Waals surface area (Å²) >= 11 is 0. The molecule has 0 aliphatic carbocycles. The SMILES string of the molecule is CC(C)[C@@H](C)NC(=O)C1(Cc2cc(-c3ccc(F)cc3F)no2)CCOCC1. The topological polar surface area (TPSA) is 64.4 Å². The van der Waals surface area contributed by atoms with Crippen LogP contribution in [0.25, 0.3) is 11.3 Å². The zero-order valence-corrected chi connectivity index (χ0v) is 16.4. The van der Waals surface area contributed by atoms with E-state index in [9.17, 15) is 13.6 Å². The number of halogens is 2. The van der Waals surface area contributed by atoms with Gasteiger partial charge >= 0.3 is 0 Å². The van der Waals surface area contributed by atoms with Gasteiger partial charge in [-0.2, -0.15) is 0 Å². The molecule has 1 saturated heterocycles. The summed E-state index contributed by atoms with van der Waals surface area (Å²) in [5.74, 6) is -0.568. The van der Waals surface area contributed by atoms with E-state index in [1.54, 1.807) is 6.07 Å². The van der Waals surface area contributed by atoms with E-state index in [1.165, 1.54) is 12.1 Å². The van der Waals surface area contributed by atoms with Crippen LogP contribution >= 0.6 is 0 Å². The summed E-state index contributed by atoms with van der Waals surface area (Å²) in [4.78, 5) is 13.1. The highest BCUT2D eigenvalue weighted by atomic mass is 19.1. The van der Waals surface area contributed by atoms with Crippen molar-refractivity contribution in [3.63, 3.8) is 0 Å². The summed E-state index contributed by atoms with van der Waals surface area (Å²) in [6, 6.07) is 4.98. The molecular weight excluding hydrogens is 366 g/mol. The lowest BCUT2D eigenvalue weighted by molar-refractivity contribution is -0.138. The maximum absolute atomic E-state index is 14.0. The zero-order chi connectivity index (χ0) is 20.3. The molecule has 1 amide bonds. The van der Waals surface area contributed by atoms with Gasteiger partial charge in [-0.15, -0.1) is 0 Å². The molecule has 0 spiro atoms. The molecular formula is C21H26F2N2O3. The standard InChI is InChI=1S/C21H26F2N2O3/c1-13(2)14(3)24-20(26)21(6-8-27-9-7-21)12-16-11-19(25-28-16)17-5-4-15(22)10-18(17)23/h4-5,10-11,13-14H,6-9,12H2,1-3H3,(H,24,26)/t14-/m1/s1. The van der Waals surface area contributed by atoms with Gasteiger partial charge in [-0.05, 0) is 37.8 Å². The third-order valence-electron chi connectivity index (χ3n) is 5.57. The zero-order valence-electron chi connectivity index (χ0n) is 16.4. The number of nitrogens with zero attached hydrogens (tertiary/aromatic N) is 1. The van der Waals surface area contributed by atoms with Crippen LogP contribution in [-0.4, -0.2) is 30.3 Å². The second-order valence-electron chi connectivity index (χ2n) is 7.88. The van der Waals surface area contributed by atoms with Gasteiger partial charge in [-0.25, -0.2) is 8.78 Å². The molecule has 1 aliphatic rings. The van der Waals surface area contributed by atoms with Crippen LogP contribution in [0.3, 0.4) is 0 Å². The normalized spacial score (nSPS) is 17.5. The summed E-state index contributed by atoms with van der Waals surface area (Å²) in [5.41, 5.74) is -0.208. The highest BCUT2D eigenvalue weighted by Gasteiger charge is 2.41. The Bertz CT molecular complexity index is 829. The fourth-order valence-corrected chi connectivity index (χ4v) is 3.33. The van der Waals surface area contributed by atoms with Crippen molar-refractivity contribution in [3.05, 3.63) is 41.7 Å². The van der Waals surface area contributed by atoms with Crippen LogP contribution in [0, 0.1) is 23.0 Å². The van der Waals surface area contributed by atoms with Crippen LogP contribution in [0.5, 0.6) is 0 Å². The largest absolute Gasteiger partial charge is 0.381 e. The Morgan fingerprint density at radius 1 is 1.21 bits per heavy atom. The fourth-order valence-electron chi connectivity index (χ4n) is 3.33. The first-order valence-electron chi connectivity index (χ1n) is 9.60. The van der Waals surface area contributed by atoms with E-state index in [2.05, 4.69) is 24.3 Å². The van der Waals surface area contributed by atoms with Crippen LogP contribution < -0.4 is 5.32 Å². The number of aromatic nitrogens is 1. The average Bonchev–Trinajstić information content (AvgIpc) is 3.10. The highest BCUT2D eigenvalue weighted by Crippen LogP contribution is 2.36. The molecule has 0 bridgehead atoms. The Kier molecular flexibility index (Phi) is 6.13. The van der Waals surface area contributed by atoms with Crippen LogP contribution in [0.2, 0.25) is 0 Å². The second kappa shape index (κ2) is 8.39.